The van der Waals surface area contributed by atoms with Crippen LogP contribution in [0.15, 0.2) is 24.3 Å². The van der Waals surface area contributed by atoms with Gasteiger partial charge >= 0.3 is 11.9 Å². The van der Waals surface area contributed by atoms with Crippen molar-refractivity contribution in [2.75, 3.05) is 205 Å². The van der Waals surface area contributed by atoms with E-state index in [4.69, 9.17) is 90.7 Å². The smallest absolute Gasteiger partial charge is 0.333 e. The maximum absolute atomic E-state index is 11.2. The third-order valence-electron chi connectivity index (χ3n) is 7.58. The van der Waals surface area contributed by atoms with E-state index in [0.29, 0.717) is 196 Å². The molecule has 0 fully saturated rings. The molecule has 0 aliphatic heterocycles. The average Bonchev–Trinajstić information content (AvgIpc) is 3.30. The molecule has 3 atom stereocenters. The Hall–Kier alpha value is -2.26. The fourth-order valence-electron chi connectivity index (χ4n) is 4.08. The number of hydrogen-bond acceptors (Lipinski definition) is 21. The lowest BCUT2D eigenvalue weighted by atomic mass is 10.4. The molecule has 0 rings (SSSR count). The molecule has 0 spiro atoms. The van der Waals surface area contributed by atoms with Gasteiger partial charge in [0.15, 0.2) is 0 Å². The van der Waals surface area contributed by atoms with Crippen LogP contribution < -0.4 is 0 Å². The molecule has 0 saturated carbocycles. The highest BCUT2D eigenvalue weighted by Gasteiger charge is 2.07. The van der Waals surface area contributed by atoms with Crippen molar-refractivity contribution in [1.29, 1.82) is 0 Å². The summed E-state index contributed by atoms with van der Waals surface area (Å²) < 4.78 is 90.9. The summed E-state index contributed by atoms with van der Waals surface area (Å²) in [4.78, 5) is 22.4. The molecule has 0 aromatic rings. The van der Waals surface area contributed by atoms with Crippen LogP contribution in [0.1, 0.15) is 34.6 Å². The van der Waals surface area contributed by atoms with Gasteiger partial charge < -0.3 is 90.7 Å². The highest BCUT2D eigenvalue weighted by molar-refractivity contribution is 5.87. The Balaban J connectivity index is 0. The van der Waals surface area contributed by atoms with Gasteiger partial charge in [0, 0.05) is 11.1 Å². The molecule has 3 unspecified atom stereocenters. The molecule has 392 valence electrons. The van der Waals surface area contributed by atoms with Crippen molar-refractivity contribution in [3.8, 4) is 0 Å². The first kappa shape index (κ1) is 65.8. The van der Waals surface area contributed by atoms with E-state index in [1.165, 1.54) is 0 Å². The lowest BCUT2D eigenvalue weighted by molar-refractivity contribution is -0.141. The van der Waals surface area contributed by atoms with E-state index in [-0.39, 0.29) is 32.0 Å². The summed E-state index contributed by atoms with van der Waals surface area (Å²) in [6.45, 7) is 28.6. The second kappa shape index (κ2) is 53.7. The van der Waals surface area contributed by atoms with Crippen LogP contribution in [-0.2, 0) is 90.1 Å². The molecule has 0 aromatic heterocycles. The van der Waals surface area contributed by atoms with Crippen molar-refractivity contribution in [2.24, 2.45) is 0 Å². The SMILES string of the molecule is C=C(C)C(=O)OCCOCCOCCOCCOCCOCCOCCOCCOCCOCCOCCOCCOCCOCCOC(=O)C(=C)C.CC(O)COC(C)COC(C)CO. The van der Waals surface area contributed by atoms with Crippen LogP contribution in [0.4, 0.5) is 0 Å². The van der Waals surface area contributed by atoms with Gasteiger partial charge in [-0.1, -0.05) is 13.2 Å². The van der Waals surface area contributed by atoms with E-state index in [9.17, 15) is 9.59 Å². The van der Waals surface area contributed by atoms with E-state index in [0.717, 1.165) is 0 Å². The Morgan fingerprint density at radius 2 is 0.561 bits per heavy atom. The van der Waals surface area contributed by atoms with Crippen molar-refractivity contribution in [2.45, 2.75) is 52.9 Å². The first-order chi connectivity index (χ1) is 32.0. The van der Waals surface area contributed by atoms with Crippen LogP contribution in [0, 0.1) is 0 Å². The lowest BCUT2D eigenvalue weighted by Crippen LogP contribution is -2.24. The van der Waals surface area contributed by atoms with Gasteiger partial charge in [-0.05, 0) is 34.6 Å². The predicted octanol–water partition coefficient (Wildman–Crippen LogP) is 1.61. The molecular weight excluding hydrogens is 876 g/mol. The van der Waals surface area contributed by atoms with Gasteiger partial charge in [-0.25, -0.2) is 9.59 Å². The summed E-state index contributed by atoms with van der Waals surface area (Å²) in [7, 11) is 0. The number of rotatable bonds is 51. The van der Waals surface area contributed by atoms with Crippen LogP contribution in [-0.4, -0.2) is 245 Å². The number of esters is 2. The summed E-state index contributed by atoms with van der Waals surface area (Å²) in [5, 5.41) is 17.6. The van der Waals surface area contributed by atoms with E-state index < -0.39 is 18.0 Å². The number of hydrogen-bond donors (Lipinski definition) is 2. The minimum Gasteiger partial charge on any atom is -0.460 e. The fourth-order valence-corrected chi connectivity index (χ4v) is 4.08. The largest absolute Gasteiger partial charge is 0.460 e. The third kappa shape index (κ3) is 56.1. The van der Waals surface area contributed by atoms with Crippen LogP contribution in [0.5, 0.6) is 0 Å². The Labute approximate surface area is 393 Å². The molecule has 2 N–H and O–H groups in total. The Morgan fingerprint density at radius 3 is 0.742 bits per heavy atom. The topological polar surface area (TPSA) is 232 Å². The number of ether oxygens (including phenoxy) is 17. The molecule has 0 amide bonds. The third-order valence-corrected chi connectivity index (χ3v) is 7.58. The average molecular weight is 963 g/mol. The van der Waals surface area contributed by atoms with Crippen molar-refractivity contribution in [3.05, 3.63) is 24.3 Å². The highest BCUT2D eigenvalue weighted by atomic mass is 16.6. The number of carbonyl (C=O) groups is 2. The van der Waals surface area contributed by atoms with E-state index in [1.54, 1.807) is 27.7 Å². The minimum absolute atomic E-state index is 0.0170. The van der Waals surface area contributed by atoms with Gasteiger partial charge in [0.25, 0.3) is 0 Å². The molecule has 0 bridgehead atoms. The van der Waals surface area contributed by atoms with E-state index in [2.05, 4.69) is 13.2 Å². The van der Waals surface area contributed by atoms with Gasteiger partial charge in [0.05, 0.1) is 210 Å². The number of carbonyl (C=O) groups excluding carboxylic acids is 2. The van der Waals surface area contributed by atoms with Gasteiger partial charge in [0.1, 0.15) is 13.2 Å². The van der Waals surface area contributed by atoms with Gasteiger partial charge in [-0.15, -0.1) is 0 Å². The number of aliphatic hydroxyl groups excluding tert-OH is 2. The zero-order valence-electron chi connectivity index (χ0n) is 40.7. The molecule has 0 heterocycles. The van der Waals surface area contributed by atoms with E-state index >= 15 is 0 Å². The molecule has 0 aliphatic carbocycles. The molecule has 21 nitrogen and oxygen atoms in total. The molecule has 0 aromatic carbocycles. The summed E-state index contributed by atoms with van der Waals surface area (Å²) in [6, 6.07) is 0. The van der Waals surface area contributed by atoms with Crippen molar-refractivity contribution < 1.29 is 100 Å². The number of aliphatic hydroxyl groups is 2. The molecular formula is C45H86O21. The lowest BCUT2D eigenvalue weighted by Gasteiger charge is -2.16. The highest BCUT2D eigenvalue weighted by Crippen LogP contribution is 1.98. The minimum atomic E-state index is -0.447. The Morgan fingerprint density at radius 1 is 0.364 bits per heavy atom. The second-order valence-electron chi connectivity index (χ2n) is 14.1. The Bertz CT molecular complexity index is 1000. The van der Waals surface area contributed by atoms with Gasteiger partial charge in [0.2, 0.25) is 0 Å². The van der Waals surface area contributed by atoms with Crippen molar-refractivity contribution in [1.82, 2.24) is 0 Å². The van der Waals surface area contributed by atoms with Crippen LogP contribution in [0.3, 0.4) is 0 Å². The van der Waals surface area contributed by atoms with Crippen molar-refractivity contribution >= 4 is 11.9 Å². The summed E-state index contributed by atoms with van der Waals surface area (Å²) in [5.74, 6) is -0.835. The quantitative estimate of drug-likeness (QED) is 0.0501. The maximum atomic E-state index is 11.2. The van der Waals surface area contributed by atoms with Crippen LogP contribution in [0.25, 0.3) is 0 Å². The normalized spacial score (nSPS) is 12.6. The second-order valence-corrected chi connectivity index (χ2v) is 14.1. The maximum Gasteiger partial charge on any atom is 0.333 e. The molecule has 0 aliphatic rings. The fraction of sp³-hybridized carbons (Fsp3) is 0.867. The van der Waals surface area contributed by atoms with Crippen molar-refractivity contribution in [3.63, 3.8) is 0 Å². The van der Waals surface area contributed by atoms with Gasteiger partial charge in [-0.3, -0.25) is 0 Å². The van der Waals surface area contributed by atoms with Crippen LogP contribution >= 0.6 is 0 Å². The Kier molecular flexibility index (Phi) is 53.5. The molecule has 21 heteroatoms. The summed E-state index contributed by atoms with van der Waals surface area (Å²) in [5.41, 5.74) is 0.730. The summed E-state index contributed by atoms with van der Waals surface area (Å²) >= 11 is 0. The molecule has 66 heavy (non-hydrogen) atoms. The molecule has 0 radical (unpaired) electrons. The first-order valence-electron chi connectivity index (χ1n) is 22.7. The first-order valence-corrected chi connectivity index (χ1v) is 22.7. The predicted molar refractivity (Wildman–Crippen MR) is 242 cm³/mol. The zero-order chi connectivity index (χ0) is 49.0. The van der Waals surface area contributed by atoms with E-state index in [1.807, 2.05) is 6.92 Å². The standard InChI is InChI=1S/C36H66O17.C9H20O4/c1-33(2)35(37)52-31-29-50-27-25-48-23-21-46-19-17-44-15-13-42-11-9-40-7-5-39-6-8-41-10-12-43-14-16-45-18-20-47-22-24-49-26-28-51-30-32-53-36(38)34(3)4;1-7(11)5-12-9(3)6-13-8(2)4-10/h1,3,5-32H2,2,4H3;7-11H,4-6H2,1-3H3. The zero-order valence-corrected chi connectivity index (χ0v) is 40.7. The monoisotopic (exact) mass is 963 g/mol. The van der Waals surface area contributed by atoms with Crippen LogP contribution in [0.2, 0.25) is 0 Å². The summed E-state index contributed by atoms with van der Waals surface area (Å²) in [6.07, 6.45) is -0.654. The molecule has 0 saturated heterocycles. The van der Waals surface area contributed by atoms with Gasteiger partial charge in [-0.2, -0.15) is 0 Å².